The fraction of sp³-hybridized carbons (Fsp3) is 0.625. The molecule has 1 rings (SSSR count). The first kappa shape index (κ1) is 8.27. The Morgan fingerprint density at radius 2 is 2.18 bits per heavy atom. The van der Waals surface area contributed by atoms with Crippen LogP contribution in [0.2, 0.25) is 0 Å². The summed E-state index contributed by atoms with van der Waals surface area (Å²) in [6, 6.07) is 0.186. The number of hydrogen-bond acceptors (Lipinski definition) is 2. The van der Waals surface area contributed by atoms with Crippen LogP contribution in [0.15, 0.2) is 12.5 Å². The molecule has 3 heteroatoms. The van der Waals surface area contributed by atoms with E-state index in [1.165, 1.54) is 5.69 Å². The maximum absolute atomic E-state index is 5.75. The van der Waals surface area contributed by atoms with E-state index in [1.54, 1.807) is 6.33 Å². The smallest absolute Gasteiger partial charge is 0.0945 e. The molecule has 11 heavy (non-hydrogen) atoms. The molecule has 2 atom stereocenters. The molecule has 1 aromatic rings. The second-order valence-corrected chi connectivity index (χ2v) is 3.08. The maximum atomic E-state index is 5.75. The molecule has 62 valence electrons. The zero-order valence-corrected chi connectivity index (χ0v) is 7.28. The Labute approximate surface area is 67.2 Å². The van der Waals surface area contributed by atoms with Crippen molar-refractivity contribution in [2.24, 2.45) is 12.8 Å². The number of rotatable bonds is 2. The summed E-state index contributed by atoms with van der Waals surface area (Å²) in [5.74, 6) is 0.377. The number of aromatic nitrogens is 2. The molecule has 0 saturated carbocycles. The summed E-state index contributed by atoms with van der Waals surface area (Å²) in [6.45, 7) is 4.12. The minimum absolute atomic E-state index is 0.186. The fourth-order valence-corrected chi connectivity index (χ4v) is 1.08. The van der Waals surface area contributed by atoms with Gasteiger partial charge in [0.15, 0.2) is 0 Å². The van der Waals surface area contributed by atoms with Crippen LogP contribution in [0.4, 0.5) is 0 Å². The lowest BCUT2D eigenvalue weighted by molar-refractivity contribution is 0.578. The van der Waals surface area contributed by atoms with Crippen LogP contribution >= 0.6 is 0 Å². The van der Waals surface area contributed by atoms with Crippen molar-refractivity contribution >= 4 is 0 Å². The zero-order valence-electron chi connectivity index (χ0n) is 7.28. The van der Waals surface area contributed by atoms with E-state index < -0.39 is 0 Å². The molecule has 0 amide bonds. The van der Waals surface area contributed by atoms with Crippen LogP contribution in [0.1, 0.15) is 25.5 Å². The summed E-state index contributed by atoms with van der Waals surface area (Å²) in [6.07, 6.45) is 3.67. The molecule has 0 radical (unpaired) electrons. The van der Waals surface area contributed by atoms with Gasteiger partial charge in [-0.1, -0.05) is 6.92 Å². The summed E-state index contributed by atoms with van der Waals surface area (Å²) in [7, 11) is 1.99. The Morgan fingerprint density at radius 3 is 2.55 bits per heavy atom. The minimum atomic E-state index is 0.186. The lowest BCUT2D eigenvalue weighted by atomic mass is 10.0. The summed E-state index contributed by atoms with van der Waals surface area (Å²) < 4.78 is 2.01. The van der Waals surface area contributed by atoms with E-state index in [1.807, 2.05) is 24.7 Å². The lowest BCUT2D eigenvalue weighted by Crippen LogP contribution is -2.23. The second-order valence-electron chi connectivity index (χ2n) is 3.08. The molecule has 2 unspecified atom stereocenters. The standard InChI is InChI=1S/C8H15N3/c1-6(7(2)9)8-4-10-5-11(8)3/h4-7H,9H2,1-3H3. The van der Waals surface area contributed by atoms with Gasteiger partial charge in [-0.3, -0.25) is 0 Å². The number of hydrogen-bond donors (Lipinski definition) is 1. The van der Waals surface area contributed by atoms with E-state index in [0.29, 0.717) is 5.92 Å². The van der Waals surface area contributed by atoms with Gasteiger partial charge in [0.1, 0.15) is 0 Å². The number of nitrogens with zero attached hydrogens (tertiary/aromatic N) is 2. The molecule has 0 aromatic carbocycles. The molecule has 0 aliphatic heterocycles. The van der Waals surface area contributed by atoms with Gasteiger partial charge in [0, 0.05) is 30.9 Å². The van der Waals surface area contributed by atoms with Gasteiger partial charge in [-0.2, -0.15) is 0 Å². The molecule has 2 N–H and O–H groups in total. The molecular weight excluding hydrogens is 138 g/mol. The Kier molecular flexibility index (Phi) is 2.29. The molecule has 1 aromatic heterocycles. The Hall–Kier alpha value is -0.830. The molecule has 3 nitrogen and oxygen atoms in total. The monoisotopic (exact) mass is 153 g/mol. The summed E-state index contributed by atoms with van der Waals surface area (Å²) in [5, 5.41) is 0. The zero-order chi connectivity index (χ0) is 8.43. The van der Waals surface area contributed by atoms with Crippen molar-refractivity contribution in [3.63, 3.8) is 0 Å². The Bertz CT molecular complexity index is 227. The average Bonchev–Trinajstić information content (AvgIpc) is 2.33. The summed E-state index contributed by atoms with van der Waals surface area (Å²) in [4.78, 5) is 4.03. The predicted octanol–water partition coefficient (Wildman–Crippen LogP) is 0.871. The van der Waals surface area contributed by atoms with Crippen molar-refractivity contribution in [3.05, 3.63) is 18.2 Å². The topological polar surface area (TPSA) is 43.8 Å². The third kappa shape index (κ3) is 1.60. The van der Waals surface area contributed by atoms with Gasteiger partial charge in [-0.25, -0.2) is 4.98 Å². The van der Waals surface area contributed by atoms with E-state index in [0.717, 1.165) is 0 Å². The van der Waals surface area contributed by atoms with Crippen molar-refractivity contribution in [2.45, 2.75) is 25.8 Å². The van der Waals surface area contributed by atoms with Gasteiger partial charge in [-0.15, -0.1) is 0 Å². The highest BCUT2D eigenvalue weighted by Crippen LogP contribution is 2.15. The third-order valence-corrected chi connectivity index (χ3v) is 2.11. The van der Waals surface area contributed by atoms with Crippen molar-refractivity contribution in [2.75, 3.05) is 0 Å². The van der Waals surface area contributed by atoms with Crippen molar-refractivity contribution in [3.8, 4) is 0 Å². The van der Waals surface area contributed by atoms with E-state index in [-0.39, 0.29) is 6.04 Å². The molecule has 0 aliphatic carbocycles. The maximum Gasteiger partial charge on any atom is 0.0945 e. The highest BCUT2D eigenvalue weighted by molar-refractivity contribution is 5.06. The largest absolute Gasteiger partial charge is 0.337 e. The summed E-state index contributed by atoms with van der Waals surface area (Å²) in [5.41, 5.74) is 6.95. The van der Waals surface area contributed by atoms with Gasteiger partial charge in [0.2, 0.25) is 0 Å². The Balaban J connectivity index is 2.84. The highest BCUT2D eigenvalue weighted by Gasteiger charge is 2.12. The third-order valence-electron chi connectivity index (χ3n) is 2.11. The Morgan fingerprint density at radius 1 is 1.55 bits per heavy atom. The number of imidazole rings is 1. The number of aryl methyl sites for hydroxylation is 1. The highest BCUT2D eigenvalue weighted by atomic mass is 15.0. The van der Waals surface area contributed by atoms with Crippen LogP contribution in [0.3, 0.4) is 0 Å². The van der Waals surface area contributed by atoms with E-state index in [4.69, 9.17) is 5.73 Å². The van der Waals surface area contributed by atoms with E-state index in [2.05, 4.69) is 11.9 Å². The van der Waals surface area contributed by atoms with E-state index >= 15 is 0 Å². The predicted molar refractivity (Wildman–Crippen MR) is 45.3 cm³/mol. The van der Waals surface area contributed by atoms with Crippen LogP contribution in [-0.2, 0) is 7.05 Å². The van der Waals surface area contributed by atoms with Crippen molar-refractivity contribution in [1.82, 2.24) is 9.55 Å². The molecule has 0 spiro atoms. The van der Waals surface area contributed by atoms with Crippen LogP contribution in [0.25, 0.3) is 0 Å². The van der Waals surface area contributed by atoms with Crippen molar-refractivity contribution < 1.29 is 0 Å². The van der Waals surface area contributed by atoms with Crippen LogP contribution in [-0.4, -0.2) is 15.6 Å². The van der Waals surface area contributed by atoms with Crippen molar-refractivity contribution in [1.29, 1.82) is 0 Å². The SMILES string of the molecule is CC(N)C(C)c1cncn1C. The first-order chi connectivity index (χ1) is 5.13. The lowest BCUT2D eigenvalue weighted by Gasteiger charge is -2.15. The first-order valence-electron chi connectivity index (χ1n) is 3.84. The minimum Gasteiger partial charge on any atom is -0.337 e. The molecule has 1 heterocycles. The summed E-state index contributed by atoms with van der Waals surface area (Å²) >= 11 is 0. The molecule has 0 aliphatic rings. The second kappa shape index (κ2) is 3.05. The quantitative estimate of drug-likeness (QED) is 0.685. The first-order valence-corrected chi connectivity index (χ1v) is 3.84. The van der Waals surface area contributed by atoms with Gasteiger partial charge in [0.25, 0.3) is 0 Å². The van der Waals surface area contributed by atoms with Gasteiger partial charge < -0.3 is 10.3 Å². The molecule has 0 bridgehead atoms. The van der Waals surface area contributed by atoms with Crippen LogP contribution in [0, 0.1) is 0 Å². The molecule has 0 saturated heterocycles. The van der Waals surface area contributed by atoms with E-state index in [9.17, 15) is 0 Å². The van der Waals surface area contributed by atoms with Crippen LogP contribution in [0.5, 0.6) is 0 Å². The normalized spacial score (nSPS) is 16.4. The van der Waals surface area contributed by atoms with Crippen LogP contribution < -0.4 is 5.73 Å². The molecule has 0 fully saturated rings. The van der Waals surface area contributed by atoms with Gasteiger partial charge in [-0.05, 0) is 6.92 Å². The number of nitrogens with two attached hydrogens (primary N) is 1. The van der Waals surface area contributed by atoms with Gasteiger partial charge >= 0.3 is 0 Å². The molecular formula is C8H15N3. The fourth-order valence-electron chi connectivity index (χ4n) is 1.08. The van der Waals surface area contributed by atoms with Gasteiger partial charge in [0.05, 0.1) is 6.33 Å². The average molecular weight is 153 g/mol.